The summed E-state index contributed by atoms with van der Waals surface area (Å²) in [4.78, 5) is 0. The first-order valence-electron chi connectivity index (χ1n) is 5.47. The fourth-order valence-corrected chi connectivity index (χ4v) is 10.8. The van der Waals surface area contributed by atoms with Crippen LogP contribution >= 0.6 is 31.9 Å². The van der Waals surface area contributed by atoms with Crippen molar-refractivity contribution in [2.24, 2.45) is 0 Å². The number of hydrogen-bond acceptors (Lipinski definition) is 0. The van der Waals surface area contributed by atoms with E-state index in [0.717, 1.165) is 10.7 Å². The van der Waals surface area contributed by atoms with E-state index in [1.807, 2.05) is 0 Å². The summed E-state index contributed by atoms with van der Waals surface area (Å²) in [6, 6.07) is 17.5. The van der Waals surface area contributed by atoms with Gasteiger partial charge in [0.1, 0.15) is 0 Å². The molecule has 2 aromatic rings. The maximum absolute atomic E-state index is 3.57. The first-order chi connectivity index (χ1) is 8.85. The van der Waals surface area contributed by atoms with Crippen molar-refractivity contribution in [3.8, 4) is 0 Å². The van der Waals surface area contributed by atoms with Crippen molar-refractivity contribution in [1.29, 1.82) is 0 Å². The van der Waals surface area contributed by atoms with Gasteiger partial charge in [0, 0.05) is 0 Å². The molecule has 0 aliphatic heterocycles. The van der Waals surface area contributed by atoms with E-state index in [2.05, 4.69) is 80.4 Å². The molecule has 0 atom stereocenters. The van der Waals surface area contributed by atoms with Crippen molar-refractivity contribution < 1.29 is 0 Å². The van der Waals surface area contributed by atoms with Crippen LogP contribution in [0.1, 0.15) is 11.1 Å². The van der Waals surface area contributed by atoms with E-state index >= 15 is 0 Å². The summed E-state index contributed by atoms with van der Waals surface area (Å²) in [7, 11) is 0. The van der Waals surface area contributed by atoms with E-state index in [9.17, 15) is 0 Å². The fraction of sp³-hybridized carbons (Fsp3) is 0.143. The molecule has 0 saturated heterocycles. The molecule has 0 aromatic heterocycles. The Bertz CT molecular complexity index is 467. The predicted molar refractivity (Wildman–Crippen MR) is 88.9 cm³/mol. The molecule has 0 nitrogen and oxygen atoms in total. The van der Waals surface area contributed by atoms with Gasteiger partial charge in [-0.25, -0.2) is 0 Å². The van der Waals surface area contributed by atoms with E-state index in [1.165, 1.54) is 20.1 Å². The third kappa shape index (κ3) is 3.96. The van der Waals surface area contributed by atoms with Crippen molar-refractivity contribution in [1.82, 2.24) is 0 Å². The molecule has 0 amide bonds. The van der Waals surface area contributed by atoms with E-state index < -0.39 is 0 Å². The zero-order chi connectivity index (χ0) is 12.8. The van der Waals surface area contributed by atoms with Gasteiger partial charge in [0.05, 0.1) is 0 Å². The molecule has 0 fully saturated rings. The Labute approximate surface area is 136 Å². The van der Waals surface area contributed by atoms with Crippen molar-refractivity contribution >= 4 is 67.0 Å². The van der Waals surface area contributed by atoms with Crippen LogP contribution < -0.4 is 8.92 Å². The van der Waals surface area contributed by atoms with Crippen molar-refractivity contribution in [3.63, 3.8) is 0 Å². The third-order valence-corrected chi connectivity index (χ3v) is 11.1. The van der Waals surface area contributed by atoms with E-state index in [0.29, 0.717) is 26.3 Å². The molecule has 2 aromatic carbocycles. The molecule has 4 heteroatoms. The SMILES string of the molecule is BrCc1ccccc1[Se][Se]c1ccccc1CBr. The number of rotatable bonds is 5. The van der Waals surface area contributed by atoms with E-state index in [-0.39, 0.29) is 0 Å². The Kier molecular flexibility index (Phi) is 6.51. The van der Waals surface area contributed by atoms with Crippen LogP contribution in [0.15, 0.2) is 48.5 Å². The van der Waals surface area contributed by atoms with Gasteiger partial charge in [-0.05, 0) is 0 Å². The van der Waals surface area contributed by atoms with Crippen LogP contribution in [-0.2, 0) is 10.7 Å². The summed E-state index contributed by atoms with van der Waals surface area (Å²) < 4.78 is 3.07. The molecular weight excluding hydrogens is 486 g/mol. The number of halogens is 2. The molecule has 0 unspecified atom stereocenters. The summed E-state index contributed by atoms with van der Waals surface area (Å²) in [6.07, 6.45) is 0. The van der Waals surface area contributed by atoms with Gasteiger partial charge < -0.3 is 0 Å². The molecule has 0 aliphatic rings. The Balaban J connectivity index is 2.11. The average molecular weight is 498 g/mol. The van der Waals surface area contributed by atoms with E-state index in [1.54, 1.807) is 0 Å². The molecular formula is C14H12Br2Se2. The molecule has 0 bridgehead atoms. The topological polar surface area (TPSA) is 0 Å². The normalized spacial score (nSPS) is 10.6. The number of benzene rings is 2. The van der Waals surface area contributed by atoms with Crippen molar-refractivity contribution in [2.45, 2.75) is 10.7 Å². The second-order valence-corrected chi connectivity index (χ2v) is 10.9. The van der Waals surface area contributed by atoms with Crippen LogP contribution in [-0.4, -0.2) is 26.3 Å². The third-order valence-electron chi connectivity index (χ3n) is 2.45. The molecule has 0 N–H and O–H groups in total. The molecule has 18 heavy (non-hydrogen) atoms. The first-order valence-corrected chi connectivity index (χ1v) is 13.8. The van der Waals surface area contributed by atoms with Crippen molar-refractivity contribution in [3.05, 3.63) is 59.7 Å². The fourth-order valence-electron chi connectivity index (χ4n) is 1.48. The Morgan fingerprint density at radius 1 is 0.667 bits per heavy atom. The van der Waals surface area contributed by atoms with Crippen LogP contribution in [0, 0.1) is 0 Å². The van der Waals surface area contributed by atoms with Crippen LogP contribution in [0.4, 0.5) is 0 Å². The number of alkyl halides is 2. The predicted octanol–water partition coefficient (Wildman–Crippen LogP) is 2.75. The molecule has 94 valence electrons. The molecule has 0 radical (unpaired) electrons. The van der Waals surface area contributed by atoms with Crippen molar-refractivity contribution in [2.75, 3.05) is 0 Å². The van der Waals surface area contributed by atoms with Crippen LogP contribution in [0.2, 0.25) is 0 Å². The summed E-state index contributed by atoms with van der Waals surface area (Å²) in [6.45, 7) is 0. The zero-order valence-electron chi connectivity index (χ0n) is 9.61. The van der Waals surface area contributed by atoms with Crippen LogP contribution in [0.3, 0.4) is 0 Å². The quantitative estimate of drug-likeness (QED) is 0.440. The van der Waals surface area contributed by atoms with Gasteiger partial charge >= 0.3 is 137 Å². The summed E-state index contributed by atoms with van der Waals surface area (Å²) in [5.74, 6) is 0. The van der Waals surface area contributed by atoms with Crippen LogP contribution in [0.25, 0.3) is 0 Å². The number of hydrogen-bond donors (Lipinski definition) is 0. The minimum absolute atomic E-state index is 0.565. The Morgan fingerprint density at radius 2 is 1.06 bits per heavy atom. The monoisotopic (exact) mass is 498 g/mol. The minimum atomic E-state index is 0.565. The molecule has 0 aliphatic carbocycles. The molecule has 0 heterocycles. The van der Waals surface area contributed by atoms with Gasteiger partial charge in [-0.15, -0.1) is 0 Å². The Hall–Kier alpha value is 0.439. The summed E-state index contributed by atoms with van der Waals surface area (Å²) in [5, 5.41) is 1.92. The molecule has 2 rings (SSSR count). The van der Waals surface area contributed by atoms with E-state index in [4.69, 9.17) is 0 Å². The molecule has 0 saturated carbocycles. The van der Waals surface area contributed by atoms with Gasteiger partial charge in [0.25, 0.3) is 0 Å². The second-order valence-electron chi connectivity index (χ2n) is 3.65. The van der Waals surface area contributed by atoms with Gasteiger partial charge in [0.15, 0.2) is 0 Å². The zero-order valence-corrected chi connectivity index (χ0v) is 16.2. The van der Waals surface area contributed by atoms with Gasteiger partial charge in [-0.2, -0.15) is 0 Å². The standard InChI is InChI=1S/C14H12Br2Se2/c15-9-11-5-1-3-7-13(11)17-18-14-8-4-2-6-12(14)10-16/h1-8H,9-10H2. The van der Waals surface area contributed by atoms with Crippen LogP contribution in [0.5, 0.6) is 0 Å². The maximum atomic E-state index is 3.57. The summed E-state index contributed by atoms with van der Waals surface area (Å²) in [5.41, 5.74) is 2.88. The average Bonchev–Trinajstić information content (AvgIpc) is 2.45. The van der Waals surface area contributed by atoms with Gasteiger partial charge in [-0.1, -0.05) is 0 Å². The second kappa shape index (κ2) is 7.89. The summed E-state index contributed by atoms with van der Waals surface area (Å²) >= 11 is 8.27. The molecule has 0 spiro atoms. The van der Waals surface area contributed by atoms with Gasteiger partial charge in [0.2, 0.25) is 0 Å². The first kappa shape index (κ1) is 14.8. The van der Waals surface area contributed by atoms with Gasteiger partial charge in [-0.3, -0.25) is 0 Å². The Morgan fingerprint density at radius 3 is 1.44 bits per heavy atom.